The van der Waals surface area contributed by atoms with E-state index in [0.717, 1.165) is 0 Å². The number of carbonyl (C=O) groups is 1. The van der Waals surface area contributed by atoms with Crippen molar-refractivity contribution in [2.75, 3.05) is 0 Å². The molecule has 2 atom stereocenters. The second-order valence-corrected chi connectivity index (χ2v) is 8.64. The van der Waals surface area contributed by atoms with Crippen molar-refractivity contribution in [3.8, 4) is 0 Å². The summed E-state index contributed by atoms with van der Waals surface area (Å²) >= 11 is 12.7. The van der Waals surface area contributed by atoms with E-state index in [-0.39, 0.29) is 28.5 Å². The molecule has 0 aliphatic rings. The standard InChI is InChI=1S/C13H22O3S4/c1-7(2)15-12(17)19-9(5)11(14)10(6)20-13(18)16-8(3)4/h7-10H,1-6H3. The number of hydrogen-bond acceptors (Lipinski definition) is 7. The Kier molecular flexibility index (Phi) is 10.0. The van der Waals surface area contributed by atoms with Crippen molar-refractivity contribution < 1.29 is 14.3 Å². The summed E-state index contributed by atoms with van der Waals surface area (Å²) in [7, 11) is 0. The van der Waals surface area contributed by atoms with Crippen LogP contribution >= 0.6 is 48.0 Å². The Morgan fingerprint density at radius 1 is 0.800 bits per heavy atom. The van der Waals surface area contributed by atoms with E-state index in [9.17, 15) is 4.79 Å². The van der Waals surface area contributed by atoms with Gasteiger partial charge in [-0.25, -0.2) is 0 Å². The van der Waals surface area contributed by atoms with Crippen LogP contribution in [0, 0.1) is 0 Å². The van der Waals surface area contributed by atoms with Crippen LogP contribution in [0.4, 0.5) is 0 Å². The average molecular weight is 355 g/mol. The van der Waals surface area contributed by atoms with Gasteiger partial charge in [0.05, 0.1) is 22.7 Å². The number of carbonyl (C=O) groups excluding carboxylic acids is 1. The predicted molar refractivity (Wildman–Crippen MR) is 96.8 cm³/mol. The van der Waals surface area contributed by atoms with Crippen LogP contribution in [-0.2, 0) is 14.3 Å². The van der Waals surface area contributed by atoms with Crippen LogP contribution in [-0.4, -0.2) is 37.3 Å². The monoisotopic (exact) mass is 354 g/mol. The molecular formula is C13H22O3S4. The van der Waals surface area contributed by atoms with Gasteiger partial charge in [0.2, 0.25) is 8.77 Å². The van der Waals surface area contributed by atoms with Crippen molar-refractivity contribution in [1.29, 1.82) is 0 Å². The van der Waals surface area contributed by atoms with Crippen LogP contribution in [0.1, 0.15) is 41.5 Å². The van der Waals surface area contributed by atoms with E-state index in [0.29, 0.717) is 8.77 Å². The number of thioether (sulfide) groups is 2. The van der Waals surface area contributed by atoms with Crippen molar-refractivity contribution >= 4 is 62.5 Å². The first kappa shape index (κ1) is 20.1. The summed E-state index contributed by atoms with van der Waals surface area (Å²) in [6.07, 6.45) is 0.0484. The molecule has 0 amide bonds. The number of ether oxygens (including phenoxy) is 2. The number of ketones is 1. The maximum atomic E-state index is 12.2. The van der Waals surface area contributed by atoms with E-state index < -0.39 is 0 Å². The summed E-state index contributed by atoms with van der Waals surface area (Å²) in [5.41, 5.74) is 0. The first-order valence-corrected chi connectivity index (χ1v) is 8.99. The highest BCUT2D eigenvalue weighted by molar-refractivity contribution is 8.24. The van der Waals surface area contributed by atoms with Gasteiger partial charge in [0.15, 0.2) is 5.78 Å². The van der Waals surface area contributed by atoms with Gasteiger partial charge in [-0.15, -0.1) is 0 Å². The fraction of sp³-hybridized carbons (Fsp3) is 0.769. The molecule has 0 saturated carbocycles. The number of Topliss-reactive ketones (excluding diaryl/α,β-unsaturated/α-hetero) is 1. The molecule has 0 aromatic heterocycles. The Balaban J connectivity index is 4.29. The van der Waals surface area contributed by atoms with Gasteiger partial charge in [-0.05, 0) is 66.0 Å². The van der Waals surface area contributed by atoms with Gasteiger partial charge < -0.3 is 9.47 Å². The minimum Gasteiger partial charge on any atom is -0.476 e. The quantitative estimate of drug-likeness (QED) is 0.661. The van der Waals surface area contributed by atoms with E-state index in [2.05, 4.69) is 0 Å². The predicted octanol–water partition coefficient (Wildman–Crippen LogP) is 4.22. The molecule has 2 unspecified atom stereocenters. The third-order valence-corrected chi connectivity index (χ3v) is 4.53. The highest BCUT2D eigenvalue weighted by Crippen LogP contribution is 2.23. The summed E-state index contributed by atoms with van der Waals surface area (Å²) in [5.74, 6) is 0.0735. The van der Waals surface area contributed by atoms with Gasteiger partial charge in [0.25, 0.3) is 0 Å². The topological polar surface area (TPSA) is 35.5 Å². The summed E-state index contributed by atoms with van der Waals surface area (Å²) in [5, 5.41) is -0.517. The SMILES string of the molecule is CC(C)OC(=S)SC(C)C(=O)C(C)SC(=S)OC(C)C. The molecule has 0 spiro atoms. The minimum atomic E-state index is -0.259. The molecule has 0 aliphatic carbocycles. The van der Waals surface area contributed by atoms with E-state index in [1.807, 2.05) is 41.5 Å². The molecule has 0 rings (SSSR count). The molecule has 0 aliphatic heterocycles. The van der Waals surface area contributed by atoms with Crippen LogP contribution < -0.4 is 0 Å². The molecule has 0 saturated heterocycles. The van der Waals surface area contributed by atoms with Crippen molar-refractivity contribution in [3.63, 3.8) is 0 Å². The summed E-state index contributed by atoms with van der Waals surface area (Å²) < 4.78 is 11.5. The molecule has 116 valence electrons. The number of hydrogen-bond donors (Lipinski definition) is 0. The van der Waals surface area contributed by atoms with Crippen molar-refractivity contribution in [2.45, 2.75) is 64.3 Å². The minimum absolute atomic E-state index is 0.0242. The molecule has 0 radical (unpaired) electrons. The highest BCUT2D eigenvalue weighted by atomic mass is 32.2. The summed E-state index contributed by atoms with van der Waals surface area (Å²) in [4.78, 5) is 12.2. The first-order chi connectivity index (χ1) is 9.13. The van der Waals surface area contributed by atoms with Gasteiger partial charge in [-0.1, -0.05) is 23.5 Å². The molecule has 0 bridgehead atoms. The zero-order valence-corrected chi connectivity index (χ0v) is 15.9. The second-order valence-electron chi connectivity index (χ2n) is 4.76. The lowest BCUT2D eigenvalue weighted by Gasteiger charge is -2.18. The highest BCUT2D eigenvalue weighted by Gasteiger charge is 2.24. The van der Waals surface area contributed by atoms with E-state index in [1.54, 1.807) is 0 Å². The van der Waals surface area contributed by atoms with E-state index >= 15 is 0 Å². The Morgan fingerprint density at radius 2 is 1.10 bits per heavy atom. The van der Waals surface area contributed by atoms with Crippen molar-refractivity contribution in [3.05, 3.63) is 0 Å². The summed E-state index contributed by atoms with van der Waals surface area (Å²) in [6.45, 7) is 11.3. The number of thiocarbonyl (C=S) groups is 2. The Morgan fingerprint density at radius 3 is 1.35 bits per heavy atom. The van der Waals surface area contributed by atoms with E-state index in [1.165, 1.54) is 23.5 Å². The molecule has 3 nitrogen and oxygen atoms in total. The lowest BCUT2D eigenvalue weighted by atomic mass is 10.2. The fourth-order valence-corrected chi connectivity index (χ4v) is 4.23. The molecule has 0 N–H and O–H groups in total. The first-order valence-electron chi connectivity index (χ1n) is 6.41. The zero-order valence-electron chi connectivity index (χ0n) is 12.7. The van der Waals surface area contributed by atoms with E-state index in [4.69, 9.17) is 33.9 Å². The molecule has 20 heavy (non-hydrogen) atoms. The molecule has 0 aromatic carbocycles. The zero-order chi connectivity index (χ0) is 15.9. The Bertz CT molecular complexity index is 324. The largest absolute Gasteiger partial charge is 0.476 e. The Hall–Kier alpha value is 0.150. The molecule has 0 heterocycles. The second kappa shape index (κ2) is 9.97. The summed E-state index contributed by atoms with van der Waals surface area (Å²) in [6, 6.07) is 0. The third kappa shape index (κ3) is 9.15. The van der Waals surface area contributed by atoms with Gasteiger partial charge in [-0.3, -0.25) is 4.79 Å². The normalized spacial score (nSPS) is 14.0. The molecular weight excluding hydrogens is 332 g/mol. The van der Waals surface area contributed by atoms with Gasteiger partial charge in [-0.2, -0.15) is 0 Å². The third-order valence-electron chi connectivity index (χ3n) is 2.01. The Labute approximate surface area is 140 Å². The lowest BCUT2D eigenvalue weighted by molar-refractivity contribution is -0.117. The van der Waals surface area contributed by atoms with Crippen molar-refractivity contribution in [1.82, 2.24) is 0 Å². The van der Waals surface area contributed by atoms with Crippen LogP contribution in [0.2, 0.25) is 0 Å². The van der Waals surface area contributed by atoms with Crippen LogP contribution in [0.25, 0.3) is 0 Å². The van der Waals surface area contributed by atoms with Crippen LogP contribution in [0.15, 0.2) is 0 Å². The molecule has 7 heteroatoms. The number of rotatable bonds is 6. The van der Waals surface area contributed by atoms with Gasteiger partial charge in [0.1, 0.15) is 0 Å². The average Bonchev–Trinajstić information content (AvgIpc) is 2.24. The molecule has 0 fully saturated rings. The van der Waals surface area contributed by atoms with Crippen LogP contribution in [0.5, 0.6) is 0 Å². The van der Waals surface area contributed by atoms with Crippen molar-refractivity contribution in [2.24, 2.45) is 0 Å². The lowest BCUT2D eigenvalue weighted by Crippen LogP contribution is -2.26. The van der Waals surface area contributed by atoms with Crippen LogP contribution in [0.3, 0.4) is 0 Å². The smallest absolute Gasteiger partial charge is 0.220 e. The fourth-order valence-electron chi connectivity index (χ4n) is 1.18. The van der Waals surface area contributed by atoms with Gasteiger partial charge >= 0.3 is 0 Å². The molecule has 0 aromatic rings. The maximum absolute atomic E-state index is 12.2. The maximum Gasteiger partial charge on any atom is 0.220 e. The van der Waals surface area contributed by atoms with Gasteiger partial charge in [0, 0.05) is 0 Å².